The summed E-state index contributed by atoms with van der Waals surface area (Å²) < 4.78 is 0. The molecule has 0 radical (unpaired) electrons. The number of pyridine rings is 2. The summed E-state index contributed by atoms with van der Waals surface area (Å²) in [7, 11) is 0. The van der Waals surface area contributed by atoms with Gasteiger partial charge in [-0.1, -0.05) is 43.3 Å². The molecule has 1 aromatic carbocycles. The van der Waals surface area contributed by atoms with Crippen LogP contribution >= 0.6 is 0 Å². The molecule has 0 saturated heterocycles. The van der Waals surface area contributed by atoms with Crippen molar-refractivity contribution in [3.63, 3.8) is 0 Å². The highest BCUT2D eigenvalue weighted by atomic mass is 15.2. The molecule has 3 aromatic rings. The second-order valence-electron chi connectivity index (χ2n) is 7.46. The Balaban J connectivity index is 1.51. The SMILES string of the molecule is Cc1ccc(C(C)CN[C@H](c2ccccc2)[C@H]2CNc3cccnc3N2)cn1. The van der Waals surface area contributed by atoms with Crippen LogP contribution in [0.15, 0.2) is 67.0 Å². The third kappa shape index (κ3) is 4.15. The molecule has 0 amide bonds. The molecule has 4 rings (SSSR count). The smallest absolute Gasteiger partial charge is 0.149 e. The van der Waals surface area contributed by atoms with Crippen molar-refractivity contribution in [1.29, 1.82) is 0 Å². The number of fused-ring (bicyclic) bond motifs is 1. The van der Waals surface area contributed by atoms with Crippen molar-refractivity contribution < 1.29 is 0 Å². The highest BCUT2D eigenvalue weighted by Gasteiger charge is 2.27. The van der Waals surface area contributed by atoms with Crippen molar-refractivity contribution in [1.82, 2.24) is 15.3 Å². The number of aromatic nitrogens is 2. The Kier molecular flexibility index (Phi) is 5.53. The molecule has 144 valence electrons. The van der Waals surface area contributed by atoms with Crippen molar-refractivity contribution in [2.45, 2.75) is 31.8 Å². The first kappa shape index (κ1) is 18.4. The van der Waals surface area contributed by atoms with Crippen LogP contribution in [0.5, 0.6) is 0 Å². The Bertz CT molecular complexity index is 894. The van der Waals surface area contributed by atoms with Gasteiger partial charge in [0.2, 0.25) is 0 Å². The van der Waals surface area contributed by atoms with E-state index in [0.29, 0.717) is 5.92 Å². The van der Waals surface area contributed by atoms with Gasteiger partial charge in [0.25, 0.3) is 0 Å². The molecule has 3 N–H and O–H groups in total. The number of nitrogens with zero attached hydrogens (tertiary/aromatic N) is 2. The molecule has 5 nitrogen and oxygen atoms in total. The fraction of sp³-hybridized carbons (Fsp3) is 0.304. The maximum Gasteiger partial charge on any atom is 0.149 e. The predicted octanol–water partition coefficient (Wildman–Crippen LogP) is 4.13. The van der Waals surface area contributed by atoms with Crippen molar-refractivity contribution in [3.05, 3.63) is 83.8 Å². The van der Waals surface area contributed by atoms with Crippen molar-refractivity contribution >= 4 is 11.5 Å². The van der Waals surface area contributed by atoms with E-state index in [-0.39, 0.29) is 12.1 Å². The number of anilines is 2. The lowest BCUT2D eigenvalue weighted by atomic mass is 9.96. The average molecular weight is 374 g/mol. The maximum absolute atomic E-state index is 4.49. The summed E-state index contributed by atoms with van der Waals surface area (Å²) in [5.74, 6) is 1.29. The molecule has 1 unspecified atom stereocenters. The maximum atomic E-state index is 4.49. The lowest BCUT2D eigenvalue weighted by Crippen LogP contribution is -2.45. The third-order valence-electron chi connectivity index (χ3n) is 5.35. The average Bonchev–Trinajstić information content (AvgIpc) is 2.75. The molecule has 3 heterocycles. The van der Waals surface area contributed by atoms with E-state index in [2.05, 4.69) is 81.4 Å². The van der Waals surface area contributed by atoms with Crippen LogP contribution in [0.1, 0.15) is 35.7 Å². The molecule has 5 heteroatoms. The van der Waals surface area contributed by atoms with Gasteiger partial charge in [-0.15, -0.1) is 0 Å². The fourth-order valence-electron chi connectivity index (χ4n) is 3.66. The van der Waals surface area contributed by atoms with Crippen LogP contribution in [-0.4, -0.2) is 29.1 Å². The number of aryl methyl sites for hydroxylation is 1. The lowest BCUT2D eigenvalue weighted by Gasteiger charge is -2.35. The molecule has 0 bridgehead atoms. The van der Waals surface area contributed by atoms with Gasteiger partial charge in [-0.05, 0) is 42.2 Å². The summed E-state index contributed by atoms with van der Waals surface area (Å²) in [5, 5.41) is 10.9. The van der Waals surface area contributed by atoms with Crippen LogP contribution in [0, 0.1) is 6.92 Å². The van der Waals surface area contributed by atoms with Crippen LogP contribution in [0.2, 0.25) is 0 Å². The highest BCUT2D eigenvalue weighted by Crippen LogP contribution is 2.28. The topological polar surface area (TPSA) is 61.9 Å². The molecule has 0 fully saturated rings. The zero-order valence-corrected chi connectivity index (χ0v) is 16.4. The van der Waals surface area contributed by atoms with Gasteiger partial charge >= 0.3 is 0 Å². The Morgan fingerprint density at radius 3 is 2.68 bits per heavy atom. The lowest BCUT2D eigenvalue weighted by molar-refractivity contribution is 0.453. The molecule has 1 aliphatic heterocycles. The molecular weight excluding hydrogens is 346 g/mol. The van der Waals surface area contributed by atoms with Crippen LogP contribution in [0.25, 0.3) is 0 Å². The first-order chi connectivity index (χ1) is 13.7. The van der Waals surface area contributed by atoms with E-state index >= 15 is 0 Å². The molecule has 3 atom stereocenters. The van der Waals surface area contributed by atoms with Crippen molar-refractivity contribution in [3.8, 4) is 0 Å². The number of benzene rings is 1. The Labute approximate surface area is 166 Å². The molecule has 0 spiro atoms. The molecule has 2 aromatic heterocycles. The highest BCUT2D eigenvalue weighted by molar-refractivity contribution is 5.67. The predicted molar refractivity (Wildman–Crippen MR) is 115 cm³/mol. The Morgan fingerprint density at radius 2 is 1.89 bits per heavy atom. The van der Waals surface area contributed by atoms with Crippen molar-refractivity contribution in [2.24, 2.45) is 0 Å². The van der Waals surface area contributed by atoms with Gasteiger partial charge in [0.15, 0.2) is 0 Å². The summed E-state index contributed by atoms with van der Waals surface area (Å²) in [4.78, 5) is 8.93. The fourth-order valence-corrected chi connectivity index (χ4v) is 3.66. The van der Waals surface area contributed by atoms with E-state index in [9.17, 15) is 0 Å². The van der Waals surface area contributed by atoms with Gasteiger partial charge in [0, 0.05) is 31.2 Å². The monoisotopic (exact) mass is 373 g/mol. The third-order valence-corrected chi connectivity index (χ3v) is 5.35. The van der Waals surface area contributed by atoms with Gasteiger partial charge in [-0.3, -0.25) is 4.98 Å². The van der Waals surface area contributed by atoms with Crippen LogP contribution in [0.3, 0.4) is 0 Å². The number of hydrogen-bond donors (Lipinski definition) is 3. The molecule has 1 aliphatic rings. The van der Waals surface area contributed by atoms with Crippen LogP contribution < -0.4 is 16.0 Å². The number of rotatable bonds is 6. The first-order valence-electron chi connectivity index (χ1n) is 9.87. The van der Waals surface area contributed by atoms with E-state index in [1.54, 1.807) is 0 Å². The zero-order valence-electron chi connectivity index (χ0n) is 16.4. The van der Waals surface area contributed by atoms with Gasteiger partial charge in [0.05, 0.1) is 17.8 Å². The first-order valence-corrected chi connectivity index (χ1v) is 9.87. The Hall–Kier alpha value is -2.92. The second-order valence-corrected chi connectivity index (χ2v) is 7.46. The van der Waals surface area contributed by atoms with E-state index in [4.69, 9.17) is 0 Å². The number of hydrogen-bond acceptors (Lipinski definition) is 5. The minimum atomic E-state index is 0.171. The van der Waals surface area contributed by atoms with Gasteiger partial charge in [0.1, 0.15) is 5.82 Å². The van der Waals surface area contributed by atoms with Gasteiger partial charge in [-0.25, -0.2) is 4.98 Å². The van der Waals surface area contributed by atoms with Crippen LogP contribution in [-0.2, 0) is 0 Å². The standard InChI is InChI=1S/C23H27N5/c1-16(19-11-10-17(2)25-14-19)13-27-22(18-7-4-3-5-8-18)21-15-26-20-9-6-12-24-23(20)28-21/h3-12,14,16,21-22,26-27H,13,15H2,1-2H3,(H,24,28)/t16?,21-,22-/m1/s1. The summed E-state index contributed by atoms with van der Waals surface area (Å²) in [6.45, 7) is 5.97. The van der Waals surface area contributed by atoms with E-state index in [0.717, 1.165) is 30.3 Å². The summed E-state index contributed by atoms with van der Waals surface area (Å²) in [5.41, 5.74) is 4.64. The zero-order chi connectivity index (χ0) is 19.3. The quantitative estimate of drug-likeness (QED) is 0.607. The minimum Gasteiger partial charge on any atom is -0.380 e. The normalized spacial score (nSPS) is 17.7. The summed E-state index contributed by atoms with van der Waals surface area (Å²) in [6, 6.07) is 19.3. The molecule has 0 aliphatic carbocycles. The summed E-state index contributed by atoms with van der Waals surface area (Å²) >= 11 is 0. The molecule has 0 saturated carbocycles. The Morgan fingerprint density at radius 1 is 1.04 bits per heavy atom. The van der Waals surface area contributed by atoms with Gasteiger partial charge in [-0.2, -0.15) is 0 Å². The minimum absolute atomic E-state index is 0.171. The second kappa shape index (κ2) is 8.40. The van der Waals surface area contributed by atoms with Crippen molar-refractivity contribution in [2.75, 3.05) is 23.7 Å². The van der Waals surface area contributed by atoms with E-state index in [1.165, 1.54) is 11.1 Å². The van der Waals surface area contributed by atoms with E-state index < -0.39 is 0 Å². The largest absolute Gasteiger partial charge is 0.380 e. The molecular formula is C23H27N5. The summed E-state index contributed by atoms with van der Waals surface area (Å²) in [6.07, 6.45) is 3.81. The number of nitrogens with one attached hydrogen (secondary N) is 3. The van der Waals surface area contributed by atoms with Crippen LogP contribution in [0.4, 0.5) is 11.5 Å². The molecule has 28 heavy (non-hydrogen) atoms. The van der Waals surface area contributed by atoms with E-state index in [1.807, 2.05) is 25.4 Å². The van der Waals surface area contributed by atoms with Gasteiger partial charge < -0.3 is 16.0 Å².